The zero-order valence-corrected chi connectivity index (χ0v) is 10.3. The van der Waals surface area contributed by atoms with Crippen molar-refractivity contribution in [1.29, 1.82) is 0 Å². The second-order valence-electron chi connectivity index (χ2n) is 4.58. The van der Waals surface area contributed by atoms with Gasteiger partial charge in [-0.25, -0.2) is 0 Å². The largest absolute Gasteiger partial charge is 0.354 e. The van der Waals surface area contributed by atoms with Crippen molar-refractivity contribution in [3.63, 3.8) is 0 Å². The van der Waals surface area contributed by atoms with E-state index in [1.165, 1.54) is 39.5 Å². The lowest BCUT2D eigenvalue weighted by atomic mass is 9.87. The Labute approximate surface area is 92.6 Å². The summed E-state index contributed by atoms with van der Waals surface area (Å²) < 4.78 is 0. The Bertz CT molecular complexity index is 210. The molecule has 1 amide bonds. The van der Waals surface area contributed by atoms with Crippen LogP contribution in [0.4, 0.5) is 0 Å². The third-order valence-corrected chi connectivity index (χ3v) is 2.34. The normalized spacial score (nSPS) is 24.8. The number of rotatable bonds is 1. The number of Topliss-reactive ketones (excluding diaryl/α,β-unsaturated/α-hetero) is 1. The predicted molar refractivity (Wildman–Crippen MR) is 61.6 cm³/mol. The molecule has 88 valence electrons. The maximum Gasteiger partial charge on any atom is 0.217 e. The fourth-order valence-corrected chi connectivity index (χ4v) is 1.85. The highest BCUT2D eigenvalue weighted by Gasteiger charge is 2.18. The van der Waals surface area contributed by atoms with Crippen molar-refractivity contribution in [2.45, 2.75) is 59.4 Å². The molecule has 0 spiro atoms. The molecule has 0 aromatic rings. The lowest BCUT2D eigenvalue weighted by Crippen LogP contribution is -2.36. The van der Waals surface area contributed by atoms with Crippen LogP contribution in [-0.2, 0) is 9.59 Å². The summed E-state index contributed by atoms with van der Waals surface area (Å²) in [5, 5.41) is 2.97. The second-order valence-corrected chi connectivity index (χ2v) is 4.58. The number of hydrogen-bond donors (Lipinski definition) is 1. The van der Waals surface area contributed by atoms with E-state index in [1.54, 1.807) is 6.92 Å². The topological polar surface area (TPSA) is 46.2 Å². The van der Waals surface area contributed by atoms with Crippen LogP contribution >= 0.6 is 0 Å². The highest BCUT2D eigenvalue weighted by Crippen LogP contribution is 2.23. The van der Waals surface area contributed by atoms with Gasteiger partial charge in [-0.15, -0.1) is 0 Å². The molecule has 15 heavy (non-hydrogen) atoms. The summed E-state index contributed by atoms with van der Waals surface area (Å²) in [6.07, 6.45) is 4.94. The van der Waals surface area contributed by atoms with E-state index in [0.717, 1.165) is 5.92 Å². The van der Waals surface area contributed by atoms with Gasteiger partial charge in [-0.2, -0.15) is 0 Å². The van der Waals surface area contributed by atoms with E-state index in [4.69, 9.17) is 0 Å². The minimum absolute atomic E-state index is 0.115. The number of hydrogen-bond acceptors (Lipinski definition) is 2. The Hall–Kier alpha value is -0.860. The van der Waals surface area contributed by atoms with Crippen LogP contribution in [0.25, 0.3) is 0 Å². The average Bonchev–Trinajstić information content (AvgIpc) is 2.00. The summed E-state index contributed by atoms with van der Waals surface area (Å²) in [5.74, 6) is 1.07. The van der Waals surface area contributed by atoms with Crippen molar-refractivity contribution >= 4 is 11.7 Å². The Morgan fingerprint density at radius 3 is 2.07 bits per heavy atom. The van der Waals surface area contributed by atoms with E-state index in [2.05, 4.69) is 12.2 Å². The fraction of sp³-hybridized carbons (Fsp3) is 0.833. The third-order valence-electron chi connectivity index (χ3n) is 2.34. The van der Waals surface area contributed by atoms with E-state index in [1.807, 2.05) is 0 Å². The van der Waals surface area contributed by atoms with E-state index < -0.39 is 0 Å². The first-order valence-corrected chi connectivity index (χ1v) is 5.66. The van der Waals surface area contributed by atoms with Crippen molar-refractivity contribution in [1.82, 2.24) is 5.32 Å². The minimum atomic E-state index is 0.115. The van der Waals surface area contributed by atoms with Crippen LogP contribution in [0.5, 0.6) is 0 Å². The average molecular weight is 213 g/mol. The molecule has 1 aliphatic carbocycles. The van der Waals surface area contributed by atoms with Gasteiger partial charge in [0.1, 0.15) is 5.78 Å². The van der Waals surface area contributed by atoms with Crippen molar-refractivity contribution in [2.75, 3.05) is 0 Å². The maximum atomic E-state index is 10.7. The van der Waals surface area contributed by atoms with Gasteiger partial charge in [0.05, 0.1) is 0 Å². The van der Waals surface area contributed by atoms with Gasteiger partial charge in [-0.3, -0.25) is 4.79 Å². The van der Waals surface area contributed by atoms with Gasteiger partial charge in [0.15, 0.2) is 0 Å². The molecular formula is C12H23NO2. The number of nitrogens with one attached hydrogen (secondary N) is 1. The standard InChI is InChI=1S/C9H17NO.C3H6O/c1-7-4-3-5-9(6-7)10-8(2)11;1-3(2)4/h7,9H,3-6H2,1-2H3,(H,10,11);1-2H3. The zero-order chi connectivity index (χ0) is 11.8. The van der Waals surface area contributed by atoms with Crippen molar-refractivity contribution in [3.8, 4) is 0 Å². The number of carbonyl (C=O) groups is 2. The van der Waals surface area contributed by atoms with Crippen LogP contribution in [0.1, 0.15) is 53.4 Å². The van der Waals surface area contributed by atoms with Crippen LogP contribution in [-0.4, -0.2) is 17.7 Å². The predicted octanol–water partition coefficient (Wildman–Crippen LogP) is 2.30. The summed E-state index contributed by atoms with van der Waals surface area (Å²) in [7, 11) is 0. The molecule has 0 aliphatic heterocycles. The summed E-state index contributed by atoms with van der Waals surface area (Å²) in [6, 6.07) is 0.455. The molecule has 3 heteroatoms. The van der Waals surface area contributed by atoms with Crippen LogP contribution in [0.15, 0.2) is 0 Å². The van der Waals surface area contributed by atoms with Gasteiger partial charge in [0.25, 0.3) is 0 Å². The summed E-state index contributed by atoms with van der Waals surface area (Å²) in [4.78, 5) is 20.2. The maximum absolute atomic E-state index is 10.7. The second kappa shape index (κ2) is 7.43. The molecule has 3 nitrogen and oxygen atoms in total. The van der Waals surface area contributed by atoms with Crippen molar-refractivity contribution in [2.24, 2.45) is 5.92 Å². The third kappa shape index (κ3) is 9.44. The number of amides is 1. The molecule has 0 saturated heterocycles. The number of ketones is 1. The van der Waals surface area contributed by atoms with Crippen LogP contribution in [0.2, 0.25) is 0 Å². The Morgan fingerprint density at radius 2 is 1.67 bits per heavy atom. The van der Waals surface area contributed by atoms with Gasteiger partial charge in [0, 0.05) is 13.0 Å². The van der Waals surface area contributed by atoms with Crippen LogP contribution in [0.3, 0.4) is 0 Å². The van der Waals surface area contributed by atoms with Crippen molar-refractivity contribution in [3.05, 3.63) is 0 Å². The van der Waals surface area contributed by atoms with Gasteiger partial charge in [-0.1, -0.05) is 19.8 Å². The molecule has 1 rings (SSSR count). The van der Waals surface area contributed by atoms with E-state index in [-0.39, 0.29) is 11.7 Å². The molecule has 1 fully saturated rings. The van der Waals surface area contributed by atoms with E-state index in [9.17, 15) is 9.59 Å². The summed E-state index contributed by atoms with van der Waals surface area (Å²) >= 11 is 0. The van der Waals surface area contributed by atoms with Gasteiger partial charge in [0.2, 0.25) is 5.91 Å². The van der Waals surface area contributed by atoms with Gasteiger partial charge in [-0.05, 0) is 32.6 Å². The molecule has 0 radical (unpaired) electrons. The van der Waals surface area contributed by atoms with Crippen molar-refractivity contribution < 1.29 is 9.59 Å². The first kappa shape index (κ1) is 14.1. The molecular weight excluding hydrogens is 190 g/mol. The van der Waals surface area contributed by atoms with Gasteiger partial charge < -0.3 is 10.1 Å². The molecule has 1 saturated carbocycles. The van der Waals surface area contributed by atoms with Crippen LogP contribution in [0, 0.1) is 5.92 Å². The van der Waals surface area contributed by atoms with Crippen LogP contribution < -0.4 is 5.32 Å². The molecule has 0 bridgehead atoms. The fourth-order valence-electron chi connectivity index (χ4n) is 1.85. The molecule has 2 unspecified atom stereocenters. The Kier molecular flexibility index (Phi) is 7.01. The molecule has 0 aromatic heterocycles. The monoisotopic (exact) mass is 213 g/mol. The van der Waals surface area contributed by atoms with E-state index >= 15 is 0 Å². The lowest BCUT2D eigenvalue weighted by molar-refractivity contribution is -0.120. The quantitative estimate of drug-likeness (QED) is 0.726. The summed E-state index contributed by atoms with van der Waals surface area (Å²) in [6.45, 7) is 6.91. The number of carbonyl (C=O) groups excluding carboxylic acids is 2. The first-order valence-electron chi connectivity index (χ1n) is 5.66. The van der Waals surface area contributed by atoms with E-state index in [0.29, 0.717) is 6.04 Å². The molecule has 1 N–H and O–H groups in total. The Morgan fingerprint density at radius 1 is 1.13 bits per heavy atom. The lowest BCUT2D eigenvalue weighted by Gasteiger charge is -2.26. The highest BCUT2D eigenvalue weighted by atomic mass is 16.1. The zero-order valence-electron chi connectivity index (χ0n) is 10.3. The van der Waals surface area contributed by atoms with Gasteiger partial charge >= 0.3 is 0 Å². The summed E-state index contributed by atoms with van der Waals surface area (Å²) in [5.41, 5.74) is 0. The molecule has 1 aliphatic rings. The smallest absolute Gasteiger partial charge is 0.217 e. The Balaban J connectivity index is 0.000000423. The highest BCUT2D eigenvalue weighted by molar-refractivity contribution is 5.73. The SMILES string of the molecule is CC(=O)NC1CCCC(C)C1.CC(C)=O. The molecule has 0 aromatic carbocycles. The minimum Gasteiger partial charge on any atom is -0.354 e. The first-order chi connectivity index (χ1) is 6.91. The molecule has 2 atom stereocenters. The molecule has 0 heterocycles.